The van der Waals surface area contributed by atoms with Crippen molar-refractivity contribution in [2.24, 2.45) is 0 Å². The number of carboxylic acid groups (broad SMARTS) is 1. The van der Waals surface area contributed by atoms with Crippen molar-refractivity contribution in [1.82, 2.24) is 10.2 Å². The molecule has 8 heteroatoms. The summed E-state index contributed by atoms with van der Waals surface area (Å²) >= 11 is 1.55. The van der Waals surface area contributed by atoms with Crippen LogP contribution in [-0.4, -0.2) is 54.0 Å². The maximum absolute atomic E-state index is 13.4. The number of aliphatic carboxylic acids is 1. The first kappa shape index (κ1) is 31.5. The van der Waals surface area contributed by atoms with Crippen LogP contribution in [0.1, 0.15) is 71.7 Å². The topological polar surface area (TPSA) is 92.0 Å². The molecular weight excluding hydrogens is 524 g/mol. The first-order chi connectivity index (χ1) is 19.2. The van der Waals surface area contributed by atoms with E-state index in [0.717, 1.165) is 59.6 Å². The third kappa shape index (κ3) is 8.98. The number of carbonyl (C=O) groups is 2. The molecule has 0 aliphatic heterocycles. The SMILES string of the molecule is CCCCC(OCc1ccc(C(=O)NC(CCSC)C(=O)O)c(-c2ccccc2C)c1)c1ccc(CN(C)C)o1. The molecule has 2 N–H and O–H groups in total. The van der Waals surface area contributed by atoms with E-state index in [2.05, 4.69) is 17.1 Å². The van der Waals surface area contributed by atoms with Crippen molar-refractivity contribution in [2.75, 3.05) is 26.1 Å². The van der Waals surface area contributed by atoms with Crippen LogP contribution in [0.4, 0.5) is 0 Å². The number of nitrogens with zero attached hydrogens (tertiary/aromatic N) is 1. The summed E-state index contributed by atoms with van der Waals surface area (Å²) in [5, 5.41) is 12.4. The predicted molar refractivity (Wildman–Crippen MR) is 162 cm³/mol. The lowest BCUT2D eigenvalue weighted by molar-refractivity contribution is -0.139. The van der Waals surface area contributed by atoms with Gasteiger partial charge in [-0.15, -0.1) is 0 Å². The van der Waals surface area contributed by atoms with Gasteiger partial charge in [0, 0.05) is 5.56 Å². The molecule has 0 saturated heterocycles. The van der Waals surface area contributed by atoms with Gasteiger partial charge < -0.3 is 24.5 Å². The van der Waals surface area contributed by atoms with E-state index in [-0.39, 0.29) is 6.10 Å². The van der Waals surface area contributed by atoms with Crippen LogP contribution in [0.2, 0.25) is 0 Å². The molecule has 0 bridgehead atoms. The van der Waals surface area contributed by atoms with E-state index >= 15 is 0 Å². The number of rotatable bonds is 16. The van der Waals surface area contributed by atoms with Gasteiger partial charge in [0.2, 0.25) is 0 Å². The highest BCUT2D eigenvalue weighted by Gasteiger charge is 2.23. The Bertz CT molecular complexity index is 1260. The second kappa shape index (κ2) is 15.6. The van der Waals surface area contributed by atoms with Crippen LogP contribution >= 0.6 is 11.8 Å². The summed E-state index contributed by atoms with van der Waals surface area (Å²) in [6, 6.07) is 16.6. The highest BCUT2D eigenvalue weighted by Crippen LogP contribution is 2.31. The summed E-state index contributed by atoms with van der Waals surface area (Å²) < 4.78 is 12.5. The zero-order chi connectivity index (χ0) is 29.1. The standard InChI is InChI=1S/C32H42N2O5S/c1-6-7-12-29(30-16-14-24(39-30)20-34(3)4)38-21-23-13-15-26(27(19-23)25-11-9-8-10-22(25)2)31(35)33-28(32(36)37)17-18-40-5/h8-11,13-16,19,28-29H,6-7,12,17-18,20-21H2,1-5H3,(H,33,35)(H,36,37). The quantitative estimate of drug-likeness (QED) is 0.199. The molecule has 0 aliphatic rings. The number of ether oxygens (including phenoxy) is 1. The summed E-state index contributed by atoms with van der Waals surface area (Å²) in [6.45, 7) is 5.24. The number of nitrogens with one attached hydrogen (secondary N) is 1. The van der Waals surface area contributed by atoms with Crippen molar-refractivity contribution in [3.63, 3.8) is 0 Å². The minimum atomic E-state index is -1.03. The second-order valence-electron chi connectivity index (χ2n) is 10.3. The molecule has 3 aromatic rings. The van der Waals surface area contributed by atoms with E-state index in [0.29, 0.717) is 24.3 Å². The van der Waals surface area contributed by atoms with E-state index in [9.17, 15) is 14.7 Å². The molecule has 2 aromatic carbocycles. The molecule has 0 radical (unpaired) electrons. The number of furan rings is 1. The Balaban J connectivity index is 1.88. The average Bonchev–Trinajstić information content (AvgIpc) is 3.38. The number of amides is 1. The number of carboxylic acids is 1. The third-order valence-corrected chi connectivity index (χ3v) is 7.36. The number of unbranched alkanes of at least 4 members (excludes halogenated alkanes) is 1. The van der Waals surface area contributed by atoms with Crippen molar-refractivity contribution in [3.05, 3.63) is 82.8 Å². The van der Waals surface area contributed by atoms with Crippen LogP contribution < -0.4 is 5.32 Å². The van der Waals surface area contributed by atoms with Crippen molar-refractivity contribution in [1.29, 1.82) is 0 Å². The molecule has 2 atom stereocenters. The molecule has 1 heterocycles. The van der Waals surface area contributed by atoms with Gasteiger partial charge in [0.25, 0.3) is 5.91 Å². The van der Waals surface area contributed by atoms with E-state index in [4.69, 9.17) is 9.15 Å². The van der Waals surface area contributed by atoms with Crippen molar-refractivity contribution in [3.8, 4) is 11.1 Å². The van der Waals surface area contributed by atoms with Crippen LogP contribution in [0.3, 0.4) is 0 Å². The Morgan fingerprint density at radius 3 is 2.52 bits per heavy atom. The number of carbonyl (C=O) groups excluding carboxylic acids is 1. The van der Waals surface area contributed by atoms with Gasteiger partial charge in [-0.2, -0.15) is 11.8 Å². The maximum atomic E-state index is 13.4. The largest absolute Gasteiger partial charge is 0.480 e. The normalized spacial score (nSPS) is 12.8. The summed E-state index contributed by atoms with van der Waals surface area (Å²) in [6.07, 6.45) is 5.02. The Hall–Kier alpha value is -3.07. The lowest BCUT2D eigenvalue weighted by atomic mass is 9.93. The van der Waals surface area contributed by atoms with Gasteiger partial charge >= 0.3 is 5.97 Å². The Labute approximate surface area is 242 Å². The van der Waals surface area contributed by atoms with Gasteiger partial charge in [0.1, 0.15) is 23.7 Å². The van der Waals surface area contributed by atoms with Crippen LogP contribution in [-0.2, 0) is 22.7 Å². The molecule has 2 unspecified atom stereocenters. The molecule has 0 saturated carbocycles. The van der Waals surface area contributed by atoms with Gasteiger partial charge in [-0.25, -0.2) is 4.79 Å². The number of thioether (sulfide) groups is 1. The minimum Gasteiger partial charge on any atom is -0.480 e. The molecule has 1 amide bonds. The molecule has 0 aliphatic carbocycles. The molecule has 7 nitrogen and oxygen atoms in total. The summed E-state index contributed by atoms with van der Waals surface area (Å²) in [4.78, 5) is 27.2. The molecule has 0 spiro atoms. The van der Waals surface area contributed by atoms with Crippen LogP contribution in [0.25, 0.3) is 11.1 Å². The van der Waals surface area contributed by atoms with Crippen molar-refractivity contribution in [2.45, 2.75) is 64.8 Å². The number of aryl methyl sites for hydroxylation is 1. The molecule has 3 rings (SSSR count). The lowest BCUT2D eigenvalue weighted by Crippen LogP contribution is -2.41. The first-order valence-electron chi connectivity index (χ1n) is 13.8. The van der Waals surface area contributed by atoms with Crippen LogP contribution in [0, 0.1) is 6.92 Å². The fourth-order valence-corrected chi connectivity index (χ4v) is 5.04. The van der Waals surface area contributed by atoms with Crippen molar-refractivity contribution < 1.29 is 23.8 Å². The number of hydrogen-bond acceptors (Lipinski definition) is 6. The zero-order valence-corrected chi connectivity index (χ0v) is 25.1. The van der Waals surface area contributed by atoms with Crippen LogP contribution in [0.15, 0.2) is 59.0 Å². The Morgan fingerprint density at radius 1 is 1.07 bits per heavy atom. The van der Waals surface area contributed by atoms with Gasteiger partial charge in [-0.05, 0) is 92.4 Å². The molecule has 216 valence electrons. The smallest absolute Gasteiger partial charge is 0.326 e. The van der Waals surface area contributed by atoms with E-state index in [1.807, 2.05) is 75.8 Å². The van der Waals surface area contributed by atoms with Gasteiger partial charge in [-0.1, -0.05) is 50.1 Å². The van der Waals surface area contributed by atoms with Gasteiger partial charge in [0.05, 0.1) is 13.2 Å². The highest BCUT2D eigenvalue weighted by molar-refractivity contribution is 7.98. The van der Waals surface area contributed by atoms with E-state index in [1.54, 1.807) is 17.8 Å². The zero-order valence-electron chi connectivity index (χ0n) is 24.2. The number of benzene rings is 2. The first-order valence-corrected chi connectivity index (χ1v) is 15.2. The maximum Gasteiger partial charge on any atom is 0.326 e. The lowest BCUT2D eigenvalue weighted by Gasteiger charge is -2.19. The van der Waals surface area contributed by atoms with Crippen molar-refractivity contribution >= 4 is 23.6 Å². The van der Waals surface area contributed by atoms with E-state index < -0.39 is 17.9 Å². The van der Waals surface area contributed by atoms with Gasteiger partial charge in [-0.3, -0.25) is 4.79 Å². The molecule has 0 fully saturated rings. The number of hydrogen-bond donors (Lipinski definition) is 2. The predicted octanol–water partition coefficient (Wildman–Crippen LogP) is 6.70. The summed E-state index contributed by atoms with van der Waals surface area (Å²) in [5.74, 6) is 0.938. The fourth-order valence-electron chi connectivity index (χ4n) is 4.56. The van der Waals surface area contributed by atoms with Gasteiger partial charge in [0.15, 0.2) is 0 Å². The Kier molecular flexibility index (Phi) is 12.3. The molecule has 40 heavy (non-hydrogen) atoms. The average molecular weight is 567 g/mol. The Morgan fingerprint density at radius 2 is 1.85 bits per heavy atom. The summed E-state index contributed by atoms with van der Waals surface area (Å²) in [5.41, 5.74) is 4.06. The highest BCUT2D eigenvalue weighted by atomic mass is 32.2. The molecule has 1 aromatic heterocycles. The monoisotopic (exact) mass is 566 g/mol. The minimum absolute atomic E-state index is 0.173. The van der Waals surface area contributed by atoms with E-state index in [1.165, 1.54) is 0 Å². The van der Waals surface area contributed by atoms with Crippen LogP contribution in [0.5, 0.6) is 0 Å². The molecular formula is C32H42N2O5S. The summed E-state index contributed by atoms with van der Waals surface area (Å²) in [7, 11) is 4.02. The second-order valence-corrected chi connectivity index (χ2v) is 11.3. The fraction of sp³-hybridized carbons (Fsp3) is 0.438. The third-order valence-electron chi connectivity index (χ3n) is 6.72.